The van der Waals surface area contributed by atoms with Crippen molar-refractivity contribution >= 4 is 55.5 Å². The highest BCUT2D eigenvalue weighted by atomic mass is 79.9. The van der Waals surface area contributed by atoms with E-state index in [-0.39, 0.29) is 11.0 Å². The molecule has 2 aromatic heterocycles. The highest BCUT2D eigenvalue weighted by molar-refractivity contribution is 9.10. The molecule has 0 fully saturated rings. The van der Waals surface area contributed by atoms with Crippen molar-refractivity contribution in [1.82, 2.24) is 30.4 Å². The van der Waals surface area contributed by atoms with Gasteiger partial charge in [0.25, 0.3) is 5.91 Å². The Morgan fingerprint density at radius 3 is 2.69 bits per heavy atom. The number of rotatable bonds is 6. The van der Waals surface area contributed by atoms with E-state index >= 15 is 0 Å². The fourth-order valence-electron chi connectivity index (χ4n) is 2.91. The molecule has 0 saturated carbocycles. The van der Waals surface area contributed by atoms with Crippen molar-refractivity contribution in [3.05, 3.63) is 63.9 Å². The fourth-order valence-corrected chi connectivity index (χ4v) is 4.46. The van der Waals surface area contributed by atoms with Crippen molar-refractivity contribution in [2.45, 2.75) is 20.4 Å². The van der Waals surface area contributed by atoms with E-state index in [1.165, 1.54) is 11.3 Å². The lowest BCUT2D eigenvalue weighted by Gasteiger charge is -2.11. The van der Waals surface area contributed by atoms with Crippen molar-refractivity contribution in [1.29, 1.82) is 0 Å². The Labute approximate surface area is 202 Å². The summed E-state index contributed by atoms with van der Waals surface area (Å²) in [5.74, 6) is 1.16. The number of benzene rings is 2. The van der Waals surface area contributed by atoms with Gasteiger partial charge in [0.1, 0.15) is 10.8 Å². The number of hydrogen-bond acceptors (Lipinski definition) is 7. The van der Waals surface area contributed by atoms with Crippen molar-refractivity contribution < 1.29 is 9.53 Å². The maximum Gasteiger partial charge on any atom is 0.257 e. The quantitative estimate of drug-likeness (QED) is 0.362. The number of amides is 1. The van der Waals surface area contributed by atoms with Crippen molar-refractivity contribution in [3.63, 3.8) is 0 Å². The lowest BCUT2D eigenvalue weighted by atomic mass is 10.1. The summed E-state index contributed by atoms with van der Waals surface area (Å²) in [6, 6.07) is 13.1. The van der Waals surface area contributed by atoms with Crippen molar-refractivity contribution in [3.8, 4) is 16.3 Å². The zero-order valence-corrected chi connectivity index (χ0v) is 20.5. The molecule has 0 aliphatic rings. The van der Waals surface area contributed by atoms with Crippen LogP contribution in [0.25, 0.3) is 15.5 Å². The minimum atomic E-state index is -0.292. The highest BCUT2D eigenvalue weighted by Gasteiger charge is 2.12. The number of hydrogen-bond donors (Lipinski definition) is 2. The molecule has 2 N–H and O–H groups in total. The zero-order valence-electron chi connectivity index (χ0n) is 17.3. The zero-order chi connectivity index (χ0) is 22.7. The van der Waals surface area contributed by atoms with Crippen LogP contribution in [0, 0.1) is 6.92 Å². The summed E-state index contributed by atoms with van der Waals surface area (Å²) in [6.45, 7) is 4.81. The normalized spacial score (nSPS) is 10.8. The summed E-state index contributed by atoms with van der Waals surface area (Å²) >= 11 is 10.2. The number of aryl methyl sites for hydroxylation is 1. The summed E-state index contributed by atoms with van der Waals surface area (Å²) in [5, 5.41) is 19.5. The van der Waals surface area contributed by atoms with Crippen LogP contribution >= 0.6 is 39.5 Å². The molecule has 164 valence electrons. The third-order valence-electron chi connectivity index (χ3n) is 4.52. The van der Waals surface area contributed by atoms with Gasteiger partial charge in [-0.05, 0) is 65.8 Å². The molecule has 0 radical (unpaired) electrons. The predicted octanol–water partition coefficient (Wildman–Crippen LogP) is 4.13. The highest BCUT2D eigenvalue weighted by Crippen LogP contribution is 2.26. The summed E-state index contributed by atoms with van der Waals surface area (Å²) in [6.07, 6.45) is 0. The number of carbonyl (C=O) groups is 1. The minimum Gasteiger partial charge on any atom is -0.493 e. The van der Waals surface area contributed by atoms with E-state index in [0.717, 1.165) is 26.9 Å². The molecule has 0 atom stereocenters. The van der Waals surface area contributed by atoms with E-state index < -0.39 is 0 Å². The third-order valence-corrected chi connectivity index (χ3v) is 6.34. The van der Waals surface area contributed by atoms with E-state index in [1.807, 2.05) is 38.1 Å². The van der Waals surface area contributed by atoms with Gasteiger partial charge in [-0.2, -0.15) is 9.61 Å². The molecule has 8 nitrogen and oxygen atoms in total. The number of ether oxygens (including phenoxy) is 1. The fraction of sp³-hybridized carbons (Fsp3) is 0.190. The molecule has 32 heavy (non-hydrogen) atoms. The Kier molecular flexibility index (Phi) is 6.77. The maximum absolute atomic E-state index is 12.4. The topological polar surface area (TPSA) is 93.4 Å². The Bertz CT molecular complexity index is 1290. The smallest absolute Gasteiger partial charge is 0.257 e. The molecule has 0 spiro atoms. The molecule has 0 aliphatic heterocycles. The molecule has 1 amide bonds. The number of nitrogens with zero attached hydrogens (tertiary/aromatic N) is 4. The molecule has 2 aromatic carbocycles. The number of nitrogens with one attached hydrogen (secondary N) is 2. The van der Waals surface area contributed by atoms with Crippen LogP contribution in [0.2, 0.25) is 0 Å². The van der Waals surface area contributed by atoms with Crippen LogP contribution in [0.3, 0.4) is 0 Å². The Morgan fingerprint density at radius 1 is 1.22 bits per heavy atom. The first-order chi connectivity index (χ1) is 15.4. The first kappa shape index (κ1) is 22.3. The minimum absolute atomic E-state index is 0.258. The van der Waals surface area contributed by atoms with Crippen LogP contribution in [0.15, 0.2) is 46.9 Å². The van der Waals surface area contributed by atoms with Crippen LogP contribution in [0.1, 0.15) is 28.7 Å². The van der Waals surface area contributed by atoms with Crippen LogP contribution in [-0.2, 0) is 6.54 Å². The Hall–Kier alpha value is -2.89. The van der Waals surface area contributed by atoms with Gasteiger partial charge < -0.3 is 10.1 Å². The van der Waals surface area contributed by atoms with E-state index in [9.17, 15) is 4.79 Å². The van der Waals surface area contributed by atoms with E-state index in [0.29, 0.717) is 28.9 Å². The second-order valence-electron chi connectivity index (χ2n) is 6.76. The monoisotopic (exact) mass is 530 g/mol. The lowest BCUT2D eigenvalue weighted by molar-refractivity contribution is 0.0976. The van der Waals surface area contributed by atoms with E-state index in [2.05, 4.69) is 41.9 Å². The molecule has 4 rings (SSSR count). The number of aromatic nitrogens is 4. The van der Waals surface area contributed by atoms with Gasteiger partial charge in [0.05, 0.1) is 11.1 Å². The number of halogens is 1. The Balaban J connectivity index is 1.32. The molecule has 4 aromatic rings. The first-order valence-corrected chi connectivity index (χ1v) is 11.8. The second-order valence-corrected chi connectivity index (χ2v) is 8.98. The van der Waals surface area contributed by atoms with Crippen LogP contribution in [0.5, 0.6) is 5.75 Å². The van der Waals surface area contributed by atoms with Gasteiger partial charge in [0, 0.05) is 17.7 Å². The van der Waals surface area contributed by atoms with Gasteiger partial charge >= 0.3 is 0 Å². The molecular formula is C21H19BrN6O2S2. The maximum atomic E-state index is 12.4. The van der Waals surface area contributed by atoms with E-state index in [1.54, 1.807) is 22.7 Å². The van der Waals surface area contributed by atoms with Gasteiger partial charge in [-0.1, -0.05) is 35.6 Å². The number of carbonyl (C=O) groups excluding carboxylic acids is 1. The van der Waals surface area contributed by atoms with Crippen LogP contribution in [-0.4, -0.2) is 37.4 Å². The average molecular weight is 531 g/mol. The second kappa shape index (κ2) is 9.72. The summed E-state index contributed by atoms with van der Waals surface area (Å²) in [4.78, 5) is 13.2. The SMILES string of the molecule is CCOc1ccc(C(=O)NC(=S)NCc2ccc(-c3nn4c(C)nnc4s3)cc2)cc1Br. The first-order valence-electron chi connectivity index (χ1n) is 9.74. The molecule has 11 heteroatoms. The molecule has 0 unspecified atom stereocenters. The van der Waals surface area contributed by atoms with E-state index in [4.69, 9.17) is 17.0 Å². The van der Waals surface area contributed by atoms with Crippen LogP contribution < -0.4 is 15.4 Å². The average Bonchev–Trinajstić information content (AvgIpc) is 3.36. The molecule has 2 heterocycles. The summed E-state index contributed by atoms with van der Waals surface area (Å²) in [7, 11) is 0. The Morgan fingerprint density at radius 2 is 2.00 bits per heavy atom. The van der Waals surface area contributed by atoms with Gasteiger partial charge in [0.15, 0.2) is 10.9 Å². The molecule has 0 saturated heterocycles. The third kappa shape index (κ3) is 4.95. The van der Waals surface area contributed by atoms with Gasteiger partial charge in [0.2, 0.25) is 4.96 Å². The number of thiocarbonyl (C=S) groups is 1. The molecule has 0 bridgehead atoms. The van der Waals surface area contributed by atoms with Crippen molar-refractivity contribution in [2.24, 2.45) is 0 Å². The van der Waals surface area contributed by atoms with Gasteiger partial charge in [-0.15, -0.1) is 10.2 Å². The summed E-state index contributed by atoms with van der Waals surface area (Å²) in [5.41, 5.74) is 2.50. The largest absolute Gasteiger partial charge is 0.493 e. The van der Waals surface area contributed by atoms with Gasteiger partial charge in [-0.3, -0.25) is 10.1 Å². The molecular weight excluding hydrogens is 512 g/mol. The predicted molar refractivity (Wildman–Crippen MR) is 131 cm³/mol. The lowest BCUT2D eigenvalue weighted by Crippen LogP contribution is -2.38. The molecule has 0 aliphatic carbocycles. The standard InChI is InChI=1S/C21H19BrN6O2S2/c1-3-30-17-9-8-15(10-16(17)22)18(29)24-20(31)23-11-13-4-6-14(7-5-13)19-27-28-12(2)25-26-21(28)32-19/h4-10H,3,11H2,1-2H3,(H2,23,24,29,31). The van der Waals surface area contributed by atoms with Gasteiger partial charge in [-0.25, -0.2) is 0 Å². The van der Waals surface area contributed by atoms with Crippen LogP contribution in [0.4, 0.5) is 0 Å². The van der Waals surface area contributed by atoms with Crippen molar-refractivity contribution in [2.75, 3.05) is 6.61 Å². The number of fused-ring (bicyclic) bond motifs is 1. The summed E-state index contributed by atoms with van der Waals surface area (Å²) < 4.78 is 7.92.